The van der Waals surface area contributed by atoms with Crippen molar-refractivity contribution in [3.8, 4) is 6.07 Å². The van der Waals surface area contributed by atoms with Gasteiger partial charge in [-0.25, -0.2) is 4.79 Å². The molecule has 36 heavy (non-hydrogen) atoms. The van der Waals surface area contributed by atoms with E-state index >= 15 is 0 Å². The van der Waals surface area contributed by atoms with E-state index in [2.05, 4.69) is 44.5 Å². The molecule has 2 aromatic rings. The van der Waals surface area contributed by atoms with Crippen LogP contribution in [0.3, 0.4) is 0 Å². The Morgan fingerprint density at radius 2 is 1.75 bits per heavy atom. The van der Waals surface area contributed by atoms with E-state index in [-0.39, 0.29) is 5.91 Å². The van der Waals surface area contributed by atoms with Crippen LogP contribution in [0.1, 0.15) is 35.8 Å². The van der Waals surface area contributed by atoms with Gasteiger partial charge in [-0.05, 0) is 43.0 Å². The maximum Gasteiger partial charge on any atom is 0.490 e. The molecule has 0 aliphatic carbocycles. The minimum atomic E-state index is -5.08. The van der Waals surface area contributed by atoms with Crippen LogP contribution in [0.25, 0.3) is 0 Å². The number of piperidine rings is 1. The van der Waals surface area contributed by atoms with Gasteiger partial charge in [0.05, 0.1) is 16.9 Å². The number of rotatable bonds is 4. The highest BCUT2D eigenvalue weighted by Gasteiger charge is 2.38. The fraction of sp³-hybridized carbons (Fsp3) is 0.458. The first-order valence-corrected chi connectivity index (χ1v) is 11.6. The Bertz CT molecular complexity index is 1100. The highest BCUT2D eigenvalue weighted by atomic mass is 19.4. The molecular weight excluding hydrogens is 477 g/mol. The first kappa shape index (κ1) is 26.9. The predicted octanol–water partition coefficient (Wildman–Crippen LogP) is 3.42. The van der Waals surface area contributed by atoms with E-state index in [0.717, 1.165) is 69.4 Å². The lowest BCUT2D eigenvalue weighted by Gasteiger charge is -2.35. The van der Waals surface area contributed by atoms with Gasteiger partial charge in [-0.3, -0.25) is 4.79 Å². The minimum absolute atomic E-state index is 0.229. The second-order valence-electron chi connectivity index (χ2n) is 8.78. The first-order valence-electron chi connectivity index (χ1n) is 11.6. The number of carbonyl (C=O) groups is 2. The second-order valence-corrected chi connectivity index (χ2v) is 8.78. The Balaban J connectivity index is 0.000000454. The average Bonchev–Trinajstić information content (AvgIpc) is 3.35. The van der Waals surface area contributed by atoms with Crippen molar-refractivity contribution in [3.63, 3.8) is 0 Å². The molecule has 4 N–H and O–H groups in total. The van der Waals surface area contributed by atoms with Gasteiger partial charge in [0.1, 0.15) is 11.8 Å². The molecule has 0 saturated carbocycles. The maximum absolute atomic E-state index is 12.7. The molecule has 4 rings (SSSR count). The van der Waals surface area contributed by atoms with Gasteiger partial charge in [-0.15, -0.1) is 0 Å². The van der Waals surface area contributed by atoms with Crippen LogP contribution in [-0.2, 0) is 4.79 Å². The standard InChI is InChI=1S/C22H28N6O.C2HF3O2/c1-16-4-8-28(9-5-16)21-13-18(27-10-6-24-7-11-27)2-3-19(21)26-22(29)20-12-17(14-23)15-25-20;3-2(4,5)1(6)7/h2-3,12-13,15-16,24-25H,4-11H2,1H3,(H,26,29);(H,6,7). The van der Waals surface area contributed by atoms with E-state index < -0.39 is 12.1 Å². The van der Waals surface area contributed by atoms with Gasteiger partial charge in [0, 0.05) is 51.2 Å². The van der Waals surface area contributed by atoms with Gasteiger partial charge < -0.3 is 30.5 Å². The van der Waals surface area contributed by atoms with Crippen LogP contribution in [0.2, 0.25) is 0 Å². The Kier molecular flexibility index (Phi) is 8.82. The van der Waals surface area contributed by atoms with Gasteiger partial charge in [-0.2, -0.15) is 18.4 Å². The number of aromatic amines is 1. The number of carboxylic acids is 1. The molecule has 0 radical (unpaired) electrons. The SMILES string of the molecule is CC1CCN(c2cc(N3CCNCC3)ccc2NC(=O)c2cc(C#N)c[nH]2)CC1.O=C(O)C(F)(F)F. The van der Waals surface area contributed by atoms with E-state index in [9.17, 15) is 18.0 Å². The molecule has 2 aliphatic heterocycles. The van der Waals surface area contributed by atoms with E-state index in [1.165, 1.54) is 5.69 Å². The summed E-state index contributed by atoms with van der Waals surface area (Å²) in [7, 11) is 0. The number of nitrogens with zero attached hydrogens (tertiary/aromatic N) is 3. The molecule has 1 aromatic carbocycles. The predicted molar refractivity (Wildman–Crippen MR) is 129 cm³/mol. The van der Waals surface area contributed by atoms with Crippen molar-refractivity contribution in [3.05, 3.63) is 41.7 Å². The number of piperazine rings is 1. The third-order valence-corrected chi connectivity index (χ3v) is 6.14. The van der Waals surface area contributed by atoms with Crippen molar-refractivity contribution in [2.75, 3.05) is 54.4 Å². The molecular formula is C24H29F3N6O3. The number of aliphatic carboxylic acids is 1. The summed E-state index contributed by atoms with van der Waals surface area (Å²) in [6.45, 7) is 8.25. The highest BCUT2D eigenvalue weighted by molar-refractivity contribution is 6.05. The number of alkyl halides is 3. The molecule has 0 bridgehead atoms. The second kappa shape index (κ2) is 11.8. The van der Waals surface area contributed by atoms with E-state index in [0.29, 0.717) is 11.3 Å². The molecule has 9 nitrogen and oxygen atoms in total. The van der Waals surface area contributed by atoms with Crippen LogP contribution in [0.4, 0.5) is 30.2 Å². The number of hydrogen-bond acceptors (Lipinski definition) is 6. The third-order valence-electron chi connectivity index (χ3n) is 6.14. The molecule has 2 fully saturated rings. The first-order chi connectivity index (χ1) is 17.1. The quantitative estimate of drug-likeness (QED) is 0.501. The van der Waals surface area contributed by atoms with Gasteiger partial charge in [0.2, 0.25) is 0 Å². The molecule has 1 aromatic heterocycles. The monoisotopic (exact) mass is 506 g/mol. The Hall–Kier alpha value is -3.72. The third kappa shape index (κ3) is 7.14. The number of anilines is 3. The zero-order chi connectivity index (χ0) is 26.3. The van der Waals surface area contributed by atoms with Crippen molar-refractivity contribution in [1.29, 1.82) is 5.26 Å². The number of halogens is 3. The van der Waals surface area contributed by atoms with Crippen LogP contribution in [0.15, 0.2) is 30.5 Å². The summed E-state index contributed by atoms with van der Waals surface area (Å²) in [5.41, 5.74) is 3.94. The molecule has 12 heteroatoms. The molecule has 0 spiro atoms. The molecule has 2 aliphatic rings. The zero-order valence-corrected chi connectivity index (χ0v) is 19.9. The number of carbonyl (C=O) groups excluding carboxylic acids is 1. The largest absolute Gasteiger partial charge is 0.490 e. The zero-order valence-electron chi connectivity index (χ0n) is 19.9. The summed E-state index contributed by atoms with van der Waals surface area (Å²) in [5.74, 6) is -2.25. The van der Waals surface area contributed by atoms with Crippen LogP contribution in [0, 0.1) is 17.2 Å². The Morgan fingerprint density at radius 1 is 1.11 bits per heavy atom. The number of benzene rings is 1. The molecule has 3 heterocycles. The van der Waals surface area contributed by atoms with Gasteiger partial charge in [0.15, 0.2) is 0 Å². The molecule has 0 atom stereocenters. The summed E-state index contributed by atoms with van der Waals surface area (Å²) in [6.07, 6.45) is -1.21. The van der Waals surface area contributed by atoms with E-state index in [4.69, 9.17) is 15.2 Å². The lowest BCUT2D eigenvalue weighted by molar-refractivity contribution is -0.192. The van der Waals surface area contributed by atoms with Gasteiger partial charge in [-0.1, -0.05) is 6.92 Å². The molecule has 2 saturated heterocycles. The summed E-state index contributed by atoms with van der Waals surface area (Å²) >= 11 is 0. The lowest BCUT2D eigenvalue weighted by atomic mass is 9.98. The normalized spacial score (nSPS) is 16.5. The van der Waals surface area contributed by atoms with Crippen molar-refractivity contribution in [1.82, 2.24) is 10.3 Å². The van der Waals surface area contributed by atoms with Crippen LogP contribution in [0.5, 0.6) is 0 Å². The topological polar surface area (TPSA) is 124 Å². The fourth-order valence-electron chi connectivity index (χ4n) is 4.04. The average molecular weight is 507 g/mol. The number of amides is 1. The summed E-state index contributed by atoms with van der Waals surface area (Å²) < 4.78 is 31.7. The van der Waals surface area contributed by atoms with E-state index in [1.54, 1.807) is 12.3 Å². The number of nitriles is 1. The lowest BCUT2D eigenvalue weighted by Crippen LogP contribution is -2.43. The number of aromatic nitrogens is 1. The molecule has 194 valence electrons. The van der Waals surface area contributed by atoms with Crippen LogP contribution >= 0.6 is 0 Å². The minimum Gasteiger partial charge on any atom is -0.475 e. The number of nitrogens with one attached hydrogen (secondary N) is 3. The summed E-state index contributed by atoms with van der Waals surface area (Å²) in [6, 6.07) is 9.94. The van der Waals surface area contributed by atoms with Gasteiger partial charge >= 0.3 is 12.1 Å². The number of hydrogen-bond donors (Lipinski definition) is 4. The highest BCUT2D eigenvalue weighted by Crippen LogP contribution is 2.34. The summed E-state index contributed by atoms with van der Waals surface area (Å²) in [5, 5.41) is 22.6. The Morgan fingerprint density at radius 3 is 2.31 bits per heavy atom. The van der Waals surface area contributed by atoms with Crippen LogP contribution in [-0.4, -0.2) is 67.4 Å². The van der Waals surface area contributed by atoms with E-state index in [1.807, 2.05) is 12.1 Å². The summed E-state index contributed by atoms with van der Waals surface area (Å²) in [4.78, 5) is 29.3. The maximum atomic E-state index is 12.7. The molecule has 1 amide bonds. The van der Waals surface area contributed by atoms with Crippen molar-refractivity contribution < 1.29 is 27.9 Å². The van der Waals surface area contributed by atoms with Crippen LogP contribution < -0.4 is 20.4 Å². The van der Waals surface area contributed by atoms with Crippen molar-refractivity contribution >= 4 is 28.9 Å². The Labute approximate surface area is 206 Å². The number of carboxylic acid groups (broad SMARTS) is 1. The smallest absolute Gasteiger partial charge is 0.475 e. The van der Waals surface area contributed by atoms with Crippen molar-refractivity contribution in [2.24, 2.45) is 5.92 Å². The fourth-order valence-corrected chi connectivity index (χ4v) is 4.04. The van der Waals surface area contributed by atoms with Crippen molar-refractivity contribution in [2.45, 2.75) is 25.9 Å². The van der Waals surface area contributed by atoms with Gasteiger partial charge in [0.25, 0.3) is 5.91 Å². The molecule has 0 unspecified atom stereocenters. The number of H-pyrrole nitrogens is 1.